The Morgan fingerprint density at radius 2 is 2.13 bits per heavy atom. The van der Waals surface area contributed by atoms with Crippen LogP contribution < -0.4 is 4.74 Å². The van der Waals surface area contributed by atoms with Gasteiger partial charge in [-0.1, -0.05) is 18.2 Å². The summed E-state index contributed by atoms with van der Waals surface area (Å²) in [5, 5.41) is 9.22. The summed E-state index contributed by atoms with van der Waals surface area (Å²) in [6, 6.07) is 7.19. The molecular formula is C17H23NO4S. The highest BCUT2D eigenvalue weighted by atomic mass is 32.2. The first-order valence-corrected chi connectivity index (χ1v) is 9.01. The van der Waals surface area contributed by atoms with Crippen LogP contribution in [-0.2, 0) is 15.3 Å². The average molecular weight is 337 g/mol. The van der Waals surface area contributed by atoms with E-state index in [0.29, 0.717) is 25.1 Å². The highest BCUT2D eigenvalue weighted by molar-refractivity contribution is 7.98. The van der Waals surface area contributed by atoms with Crippen molar-refractivity contribution in [3.63, 3.8) is 0 Å². The van der Waals surface area contributed by atoms with E-state index in [1.807, 2.05) is 24.3 Å². The van der Waals surface area contributed by atoms with Crippen molar-refractivity contribution in [3.8, 4) is 5.75 Å². The molecule has 1 N–H and O–H groups in total. The Kier molecular flexibility index (Phi) is 6.77. The van der Waals surface area contributed by atoms with Gasteiger partial charge in [-0.3, -0.25) is 4.79 Å². The Balaban J connectivity index is 1.79. The zero-order valence-corrected chi connectivity index (χ0v) is 14.2. The molecule has 1 amide bonds. The maximum Gasteiger partial charge on any atom is 0.326 e. The average Bonchev–Trinajstić information content (AvgIpc) is 2.58. The maximum atomic E-state index is 12.3. The second-order valence-electron chi connectivity index (χ2n) is 5.55. The minimum Gasteiger partial charge on any atom is -0.496 e. The highest BCUT2D eigenvalue weighted by Gasteiger charge is 2.31. The van der Waals surface area contributed by atoms with Crippen LogP contribution in [0.3, 0.4) is 0 Å². The number of methoxy groups -OCH3 is 1. The standard InChI is InChI=1S/C17H23NO4S/c1-22-15-8-3-2-6-13(15)12-23-11-9-16(19)18-10-5-4-7-14(18)17(20)21/h2-3,6,8,14H,4-5,7,9-12H2,1H3,(H,20,21). The number of ether oxygens (including phenoxy) is 1. The van der Waals surface area contributed by atoms with Crippen molar-refractivity contribution >= 4 is 23.6 Å². The fourth-order valence-corrected chi connectivity index (χ4v) is 3.72. The summed E-state index contributed by atoms with van der Waals surface area (Å²) in [6.45, 7) is 0.562. The molecule has 5 nitrogen and oxygen atoms in total. The lowest BCUT2D eigenvalue weighted by Crippen LogP contribution is -2.48. The molecule has 1 heterocycles. The zero-order chi connectivity index (χ0) is 16.7. The monoisotopic (exact) mass is 337 g/mol. The molecule has 0 saturated carbocycles. The molecule has 23 heavy (non-hydrogen) atoms. The van der Waals surface area contributed by atoms with E-state index in [4.69, 9.17) is 4.74 Å². The van der Waals surface area contributed by atoms with Crippen LogP contribution >= 0.6 is 11.8 Å². The van der Waals surface area contributed by atoms with Crippen molar-refractivity contribution in [2.75, 3.05) is 19.4 Å². The molecule has 0 spiro atoms. The lowest BCUT2D eigenvalue weighted by Gasteiger charge is -2.33. The van der Waals surface area contributed by atoms with Gasteiger partial charge in [0.1, 0.15) is 11.8 Å². The van der Waals surface area contributed by atoms with Crippen molar-refractivity contribution in [3.05, 3.63) is 29.8 Å². The van der Waals surface area contributed by atoms with Crippen LogP contribution in [0.4, 0.5) is 0 Å². The molecule has 1 aliphatic heterocycles. The lowest BCUT2D eigenvalue weighted by atomic mass is 10.0. The predicted molar refractivity (Wildman–Crippen MR) is 90.8 cm³/mol. The molecule has 2 rings (SSSR count). The maximum absolute atomic E-state index is 12.3. The van der Waals surface area contributed by atoms with E-state index in [1.54, 1.807) is 18.9 Å². The van der Waals surface area contributed by atoms with E-state index in [1.165, 1.54) is 4.90 Å². The van der Waals surface area contributed by atoms with Crippen LogP contribution in [0.2, 0.25) is 0 Å². The van der Waals surface area contributed by atoms with E-state index in [-0.39, 0.29) is 5.91 Å². The molecule has 6 heteroatoms. The van der Waals surface area contributed by atoms with Gasteiger partial charge in [0.2, 0.25) is 5.91 Å². The second-order valence-corrected chi connectivity index (χ2v) is 6.66. The largest absolute Gasteiger partial charge is 0.496 e. The van der Waals surface area contributed by atoms with Gasteiger partial charge in [0, 0.05) is 30.0 Å². The zero-order valence-electron chi connectivity index (χ0n) is 13.4. The van der Waals surface area contributed by atoms with Crippen LogP contribution in [0.15, 0.2) is 24.3 Å². The number of amides is 1. The normalized spacial score (nSPS) is 17.8. The van der Waals surface area contributed by atoms with Gasteiger partial charge < -0.3 is 14.7 Å². The minimum absolute atomic E-state index is 0.0513. The van der Waals surface area contributed by atoms with Gasteiger partial charge in [-0.05, 0) is 25.3 Å². The van der Waals surface area contributed by atoms with Gasteiger partial charge in [-0.2, -0.15) is 11.8 Å². The van der Waals surface area contributed by atoms with Gasteiger partial charge in [-0.15, -0.1) is 0 Å². The summed E-state index contributed by atoms with van der Waals surface area (Å²) in [5.74, 6) is 1.37. The van der Waals surface area contributed by atoms with Crippen molar-refractivity contribution in [1.29, 1.82) is 0 Å². The number of hydrogen-bond donors (Lipinski definition) is 1. The first-order valence-electron chi connectivity index (χ1n) is 7.85. The molecule has 0 aromatic heterocycles. The molecule has 0 bridgehead atoms. The number of carboxylic acids is 1. The molecule has 0 radical (unpaired) electrons. The van der Waals surface area contributed by atoms with Crippen LogP contribution in [-0.4, -0.2) is 47.3 Å². The summed E-state index contributed by atoms with van der Waals surface area (Å²) in [4.78, 5) is 25.1. The number of carboxylic acid groups (broad SMARTS) is 1. The number of thioether (sulfide) groups is 1. The van der Waals surface area contributed by atoms with Crippen molar-refractivity contribution in [2.45, 2.75) is 37.5 Å². The van der Waals surface area contributed by atoms with Crippen molar-refractivity contribution in [2.24, 2.45) is 0 Å². The number of carbonyl (C=O) groups is 2. The smallest absolute Gasteiger partial charge is 0.326 e. The molecule has 1 aliphatic rings. The summed E-state index contributed by atoms with van der Waals surface area (Å²) >= 11 is 1.66. The van der Waals surface area contributed by atoms with Gasteiger partial charge in [-0.25, -0.2) is 4.79 Å². The molecule has 1 aromatic carbocycles. The number of carbonyl (C=O) groups excluding carboxylic acids is 1. The van der Waals surface area contributed by atoms with Crippen molar-refractivity contribution < 1.29 is 19.4 Å². The summed E-state index contributed by atoms with van der Waals surface area (Å²) in [6.07, 6.45) is 2.71. The van der Waals surface area contributed by atoms with E-state index in [2.05, 4.69) is 0 Å². The van der Waals surface area contributed by atoms with Crippen LogP contribution in [0.5, 0.6) is 5.75 Å². The molecule has 1 saturated heterocycles. The number of aliphatic carboxylic acids is 1. The predicted octanol–water partition coefficient (Wildman–Crippen LogP) is 2.78. The van der Waals surface area contributed by atoms with Crippen LogP contribution in [0.1, 0.15) is 31.2 Å². The third kappa shape index (κ3) is 4.89. The molecule has 1 fully saturated rings. The van der Waals surface area contributed by atoms with Gasteiger partial charge >= 0.3 is 5.97 Å². The highest BCUT2D eigenvalue weighted by Crippen LogP contribution is 2.24. The number of rotatable bonds is 7. The van der Waals surface area contributed by atoms with Gasteiger partial charge in [0.25, 0.3) is 0 Å². The Bertz CT molecular complexity index is 549. The third-order valence-electron chi connectivity index (χ3n) is 4.02. The minimum atomic E-state index is -0.889. The lowest BCUT2D eigenvalue weighted by molar-refractivity contribution is -0.151. The van der Waals surface area contributed by atoms with Crippen molar-refractivity contribution in [1.82, 2.24) is 4.90 Å². The van der Waals surface area contributed by atoms with Gasteiger partial charge in [0.05, 0.1) is 7.11 Å². The third-order valence-corrected chi connectivity index (χ3v) is 5.03. The molecular weight excluding hydrogens is 314 g/mol. The number of piperidine rings is 1. The fraction of sp³-hybridized carbons (Fsp3) is 0.529. The Morgan fingerprint density at radius 1 is 1.35 bits per heavy atom. The van der Waals surface area contributed by atoms with E-state index in [0.717, 1.165) is 29.9 Å². The topological polar surface area (TPSA) is 66.8 Å². The van der Waals surface area contributed by atoms with Crippen LogP contribution in [0, 0.1) is 0 Å². The van der Waals surface area contributed by atoms with Gasteiger partial charge in [0.15, 0.2) is 0 Å². The Hall–Kier alpha value is -1.69. The number of para-hydroxylation sites is 1. The molecule has 1 aromatic rings. The number of hydrogen-bond acceptors (Lipinski definition) is 4. The summed E-state index contributed by atoms with van der Waals surface area (Å²) in [7, 11) is 1.65. The SMILES string of the molecule is COc1ccccc1CSCCC(=O)N1CCCCC1C(=O)O. The quantitative estimate of drug-likeness (QED) is 0.775. The Labute approximate surface area is 141 Å². The number of likely N-dealkylation sites (tertiary alicyclic amines) is 1. The first kappa shape index (κ1) is 17.7. The Morgan fingerprint density at radius 3 is 2.87 bits per heavy atom. The number of nitrogens with zero attached hydrogens (tertiary/aromatic N) is 1. The summed E-state index contributed by atoms with van der Waals surface area (Å²) < 4.78 is 5.31. The second kappa shape index (κ2) is 8.82. The number of benzene rings is 1. The molecule has 1 unspecified atom stereocenters. The molecule has 126 valence electrons. The first-order chi connectivity index (χ1) is 11.1. The summed E-state index contributed by atoms with van der Waals surface area (Å²) in [5.41, 5.74) is 1.11. The molecule has 0 aliphatic carbocycles. The molecule has 1 atom stereocenters. The van der Waals surface area contributed by atoms with E-state index < -0.39 is 12.0 Å². The van der Waals surface area contributed by atoms with E-state index in [9.17, 15) is 14.7 Å². The van der Waals surface area contributed by atoms with E-state index >= 15 is 0 Å². The van der Waals surface area contributed by atoms with Crippen LogP contribution in [0.25, 0.3) is 0 Å². The fourth-order valence-electron chi connectivity index (χ4n) is 2.79.